The van der Waals surface area contributed by atoms with Crippen LogP contribution in [0.5, 0.6) is 0 Å². The molecule has 3 atom stereocenters. The first-order chi connectivity index (χ1) is 13.9. The lowest BCUT2D eigenvalue weighted by atomic mass is 9.72. The lowest BCUT2D eigenvalue weighted by Gasteiger charge is -2.59. The second-order valence-electron chi connectivity index (χ2n) is 8.27. The molecule has 5 rings (SSSR count). The molecule has 0 radical (unpaired) electrons. The SMILES string of the molecule is Cc1cccc(S(=O)(=O)N2C[C@@H]3[C@H](c4ccccc42)[C@H](CO)N3C(=O)C2CC2)c1. The summed E-state index contributed by atoms with van der Waals surface area (Å²) in [7, 11) is -3.77. The van der Waals surface area contributed by atoms with Crippen LogP contribution in [0, 0.1) is 12.8 Å². The van der Waals surface area contributed by atoms with Gasteiger partial charge in [0, 0.05) is 11.8 Å². The Morgan fingerprint density at radius 2 is 1.90 bits per heavy atom. The number of rotatable bonds is 4. The second-order valence-corrected chi connectivity index (χ2v) is 10.1. The predicted octanol–water partition coefficient (Wildman–Crippen LogP) is 2.27. The van der Waals surface area contributed by atoms with E-state index in [0.29, 0.717) is 5.69 Å². The first kappa shape index (κ1) is 18.6. The van der Waals surface area contributed by atoms with Crippen LogP contribution in [0.4, 0.5) is 5.69 Å². The summed E-state index contributed by atoms with van der Waals surface area (Å²) in [6.07, 6.45) is 1.76. The number of aliphatic hydroxyl groups excluding tert-OH is 1. The maximum absolute atomic E-state index is 13.5. The standard InChI is InChI=1S/C22H24N2O4S/c1-14-5-4-6-16(11-14)29(27,28)23-12-19-21(17-7-2-3-8-18(17)23)20(13-25)24(19)22(26)15-9-10-15/h2-8,11,15,19-21,25H,9-10,12-13H2,1H3/t19-,20+,21+/m1/s1. The average Bonchev–Trinajstić information content (AvgIpc) is 3.53. The van der Waals surface area contributed by atoms with E-state index in [9.17, 15) is 18.3 Å². The van der Waals surface area contributed by atoms with Crippen LogP contribution in [0.15, 0.2) is 53.4 Å². The predicted molar refractivity (Wildman–Crippen MR) is 109 cm³/mol. The van der Waals surface area contributed by atoms with E-state index in [1.165, 1.54) is 4.31 Å². The molecule has 2 aliphatic heterocycles. The molecule has 29 heavy (non-hydrogen) atoms. The van der Waals surface area contributed by atoms with Crippen LogP contribution in [0.1, 0.15) is 29.9 Å². The van der Waals surface area contributed by atoms with Gasteiger partial charge in [-0.2, -0.15) is 0 Å². The van der Waals surface area contributed by atoms with Crippen LogP contribution in [-0.2, 0) is 14.8 Å². The molecule has 152 valence electrons. The van der Waals surface area contributed by atoms with E-state index in [1.807, 2.05) is 37.3 Å². The third-order valence-corrected chi connectivity index (χ3v) is 8.18. The van der Waals surface area contributed by atoms with E-state index >= 15 is 0 Å². The molecule has 3 aliphatic rings. The van der Waals surface area contributed by atoms with Gasteiger partial charge in [0.15, 0.2) is 0 Å². The van der Waals surface area contributed by atoms with E-state index in [4.69, 9.17) is 0 Å². The Balaban J connectivity index is 1.59. The van der Waals surface area contributed by atoms with Gasteiger partial charge in [-0.3, -0.25) is 9.10 Å². The maximum Gasteiger partial charge on any atom is 0.264 e. The lowest BCUT2D eigenvalue weighted by Crippen LogP contribution is -2.71. The average molecular weight is 413 g/mol. The summed E-state index contributed by atoms with van der Waals surface area (Å²) >= 11 is 0. The van der Waals surface area contributed by atoms with Crippen molar-refractivity contribution in [2.45, 2.75) is 42.7 Å². The monoisotopic (exact) mass is 412 g/mol. The molecule has 0 unspecified atom stereocenters. The van der Waals surface area contributed by atoms with Gasteiger partial charge in [-0.05, 0) is 49.1 Å². The number of carbonyl (C=O) groups is 1. The largest absolute Gasteiger partial charge is 0.394 e. The van der Waals surface area contributed by atoms with Gasteiger partial charge < -0.3 is 10.0 Å². The van der Waals surface area contributed by atoms with Crippen molar-refractivity contribution in [1.82, 2.24) is 4.90 Å². The molecule has 2 fully saturated rings. The number of anilines is 1. The molecule has 2 heterocycles. The van der Waals surface area contributed by atoms with E-state index in [0.717, 1.165) is 24.0 Å². The molecular weight excluding hydrogens is 388 g/mol. The highest BCUT2D eigenvalue weighted by molar-refractivity contribution is 7.92. The number of aryl methyl sites for hydroxylation is 1. The fourth-order valence-electron chi connectivity index (χ4n) is 4.83. The summed E-state index contributed by atoms with van der Waals surface area (Å²) in [5, 5.41) is 9.98. The summed E-state index contributed by atoms with van der Waals surface area (Å²) in [5.74, 6) is 0.0458. The Labute approximate surface area is 170 Å². The summed E-state index contributed by atoms with van der Waals surface area (Å²) < 4.78 is 28.5. The molecule has 1 saturated heterocycles. The van der Waals surface area contributed by atoms with Crippen molar-refractivity contribution in [3.05, 3.63) is 59.7 Å². The molecular formula is C22H24N2O4S. The highest BCUT2D eigenvalue weighted by Crippen LogP contribution is 2.51. The van der Waals surface area contributed by atoms with Crippen molar-refractivity contribution in [1.29, 1.82) is 0 Å². The van der Waals surface area contributed by atoms with Crippen LogP contribution in [0.25, 0.3) is 0 Å². The summed E-state index contributed by atoms with van der Waals surface area (Å²) in [6.45, 7) is 1.97. The third-order valence-electron chi connectivity index (χ3n) is 6.41. The first-order valence-electron chi connectivity index (χ1n) is 10.0. The zero-order valence-electron chi connectivity index (χ0n) is 16.2. The topological polar surface area (TPSA) is 77.9 Å². The van der Waals surface area contributed by atoms with Crippen LogP contribution in [-0.4, -0.2) is 49.6 Å². The number of amides is 1. The quantitative estimate of drug-likeness (QED) is 0.836. The van der Waals surface area contributed by atoms with Gasteiger partial charge in [0.25, 0.3) is 10.0 Å². The summed E-state index contributed by atoms with van der Waals surface area (Å²) in [4.78, 5) is 14.8. The smallest absolute Gasteiger partial charge is 0.264 e. The second kappa shape index (κ2) is 6.57. The van der Waals surface area contributed by atoms with Gasteiger partial charge in [-0.25, -0.2) is 8.42 Å². The van der Waals surface area contributed by atoms with Gasteiger partial charge in [-0.1, -0.05) is 30.3 Å². The molecule has 0 spiro atoms. The van der Waals surface area contributed by atoms with Gasteiger partial charge in [0.05, 0.1) is 35.8 Å². The number of benzene rings is 2. The van der Waals surface area contributed by atoms with Crippen LogP contribution >= 0.6 is 0 Å². The number of aliphatic hydroxyl groups is 1. The number of para-hydroxylation sites is 1. The Morgan fingerprint density at radius 3 is 2.59 bits per heavy atom. The zero-order valence-corrected chi connectivity index (χ0v) is 17.0. The molecule has 0 aromatic heterocycles. The fraction of sp³-hybridized carbons (Fsp3) is 0.409. The lowest BCUT2D eigenvalue weighted by molar-refractivity contribution is -0.151. The number of carbonyl (C=O) groups excluding carboxylic acids is 1. The van der Waals surface area contributed by atoms with Gasteiger partial charge in [0.2, 0.25) is 5.91 Å². The van der Waals surface area contributed by atoms with Crippen molar-refractivity contribution in [2.24, 2.45) is 5.92 Å². The molecule has 6 nitrogen and oxygen atoms in total. The normalized spacial score (nSPS) is 25.8. The summed E-state index contributed by atoms with van der Waals surface area (Å²) in [6, 6.07) is 13.8. The van der Waals surface area contributed by atoms with Gasteiger partial charge >= 0.3 is 0 Å². The minimum atomic E-state index is -3.77. The fourth-order valence-corrected chi connectivity index (χ4v) is 6.44. The highest BCUT2D eigenvalue weighted by Gasteiger charge is 2.57. The zero-order chi connectivity index (χ0) is 20.3. The molecule has 1 saturated carbocycles. The third kappa shape index (κ3) is 2.79. The van der Waals surface area contributed by atoms with E-state index in [2.05, 4.69) is 0 Å². The van der Waals surface area contributed by atoms with Gasteiger partial charge in [-0.15, -0.1) is 0 Å². The molecule has 0 bridgehead atoms. The molecule has 2 aromatic carbocycles. The molecule has 1 amide bonds. The van der Waals surface area contributed by atoms with Crippen molar-refractivity contribution in [3.63, 3.8) is 0 Å². The molecule has 7 heteroatoms. The van der Waals surface area contributed by atoms with Crippen molar-refractivity contribution < 1.29 is 18.3 Å². The number of hydrogen-bond donors (Lipinski definition) is 1. The van der Waals surface area contributed by atoms with E-state index < -0.39 is 10.0 Å². The molecule has 1 aliphatic carbocycles. The van der Waals surface area contributed by atoms with Gasteiger partial charge in [0.1, 0.15) is 0 Å². The van der Waals surface area contributed by atoms with Crippen LogP contribution in [0.3, 0.4) is 0 Å². The summed E-state index contributed by atoms with van der Waals surface area (Å²) in [5.41, 5.74) is 2.41. The van der Waals surface area contributed by atoms with Crippen LogP contribution < -0.4 is 4.31 Å². The van der Waals surface area contributed by atoms with Crippen molar-refractivity contribution >= 4 is 21.6 Å². The highest BCUT2D eigenvalue weighted by atomic mass is 32.2. The minimum Gasteiger partial charge on any atom is -0.394 e. The van der Waals surface area contributed by atoms with Crippen LogP contribution in [0.2, 0.25) is 0 Å². The Morgan fingerprint density at radius 1 is 1.14 bits per heavy atom. The first-order valence-corrected chi connectivity index (χ1v) is 11.5. The van der Waals surface area contributed by atoms with E-state index in [1.54, 1.807) is 23.1 Å². The molecule has 2 aromatic rings. The Kier molecular flexibility index (Phi) is 4.22. The Bertz CT molecular complexity index is 1080. The Hall–Kier alpha value is -2.38. The number of fused-ring (bicyclic) bond motifs is 3. The van der Waals surface area contributed by atoms with Crippen molar-refractivity contribution in [2.75, 3.05) is 17.5 Å². The maximum atomic E-state index is 13.5. The molecule has 1 N–H and O–H groups in total. The minimum absolute atomic E-state index is 0.0315. The number of sulfonamides is 1. The number of nitrogens with zero attached hydrogens (tertiary/aromatic N) is 2. The number of hydrogen-bond acceptors (Lipinski definition) is 4. The van der Waals surface area contributed by atoms with Crippen molar-refractivity contribution in [3.8, 4) is 0 Å². The van der Waals surface area contributed by atoms with E-state index in [-0.39, 0.29) is 47.9 Å². The number of likely N-dealkylation sites (tertiary alicyclic amines) is 1.